The molecule has 0 aliphatic carbocycles. The number of carbonyl (C=O) groups is 1. The minimum Gasteiger partial charge on any atom is -0.301 e. The van der Waals surface area contributed by atoms with Gasteiger partial charge in [-0.2, -0.15) is 0 Å². The van der Waals surface area contributed by atoms with Crippen LogP contribution in [0.3, 0.4) is 0 Å². The van der Waals surface area contributed by atoms with E-state index in [1.165, 1.54) is 5.56 Å². The number of hydrogen-bond acceptors (Lipinski definition) is 2. The second-order valence-corrected chi connectivity index (χ2v) is 7.01. The number of nitrogens with one attached hydrogen (secondary N) is 1. The lowest BCUT2D eigenvalue weighted by atomic mass is 10.1. The Bertz CT molecular complexity index is 406. The lowest BCUT2D eigenvalue weighted by molar-refractivity contribution is -0.109. The highest BCUT2D eigenvalue weighted by atomic mass is 31.1. The fourth-order valence-electron chi connectivity index (χ4n) is 2.13. The number of hydrogen-bond donors (Lipinski definition) is 1. The highest BCUT2D eigenvalue weighted by molar-refractivity contribution is 7.42. The molecule has 20 heavy (non-hydrogen) atoms. The third-order valence-corrected chi connectivity index (χ3v) is 4.46. The maximum absolute atomic E-state index is 11.9. The fourth-order valence-corrected chi connectivity index (χ4v) is 3.30. The number of rotatable bonds is 10. The van der Waals surface area contributed by atoms with E-state index < -0.39 is 7.95 Å². The van der Waals surface area contributed by atoms with Gasteiger partial charge in [-0.1, -0.05) is 53.8 Å². The first-order valence-electron chi connectivity index (χ1n) is 7.32. The van der Waals surface area contributed by atoms with Gasteiger partial charge in [0.2, 0.25) is 0 Å². The van der Waals surface area contributed by atoms with Gasteiger partial charge in [0.15, 0.2) is 6.16 Å². The van der Waals surface area contributed by atoms with Gasteiger partial charge in [-0.25, -0.2) is 0 Å². The van der Waals surface area contributed by atoms with Crippen LogP contribution in [0.1, 0.15) is 38.7 Å². The quantitative estimate of drug-likeness (QED) is 0.404. The van der Waals surface area contributed by atoms with Crippen LogP contribution in [0.4, 0.5) is 0 Å². The van der Waals surface area contributed by atoms with E-state index in [0.717, 1.165) is 32.0 Å². The van der Waals surface area contributed by atoms with Crippen LogP contribution in [0, 0.1) is 5.92 Å². The lowest BCUT2D eigenvalue weighted by Crippen LogP contribution is -2.26. The van der Waals surface area contributed by atoms with E-state index >= 15 is 0 Å². The zero-order valence-electron chi connectivity index (χ0n) is 12.4. The van der Waals surface area contributed by atoms with Crippen LogP contribution in [0.15, 0.2) is 30.3 Å². The van der Waals surface area contributed by atoms with Crippen LogP contribution in [-0.2, 0) is 15.8 Å². The van der Waals surface area contributed by atoms with E-state index in [1.807, 2.05) is 18.2 Å². The predicted octanol–water partition coefficient (Wildman–Crippen LogP) is 3.95. The normalized spacial score (nSPS) is 13.2. The average Bonchev–Trinajstić information content (AvgIpc) is 2.43. The molecule has 1 rings (SSSR count). The molecule has 0 saturated carbocycles. The van der Waals surface area contributed by atoms with Crippen molar-refractivity contribution in [1.29, 1.82) is 0 Å². The third-order valence-electron chi connectivity index (χ3n) is 3.12. The van der Waals surface area contributed by atoms with E-state index in [9.17, 15) is 9.36 Å². The van der Waals surface area contributed by atoms with Gasteiger partial charge < -0.3 is 4.79 Å². The summed E-state index contributed by atoms with van der Waals surface area (Å²) in [6, 6.07) is 10.1. The predicted molar refractivity (Wildman–Crippen MR) is 84.3 cm³/mol. The molecule has 0 saturated heterocycles. The first-order valence-corrected chi connectivity index (χ1v) is 8.76. The molecule has 4 heteroatoms. The summed E-state index contributed by atoms with van der Waals surface area (Å²) >= 11 is 0. The number of aryl methyl sites for hydroxylation is 1. The molecule has 3 nitrogen and oxygen atoms in total. The Kier molecular flexibility index (Phi) is 8.32. The smallest absolute Gasteiger partial charge is 0.301 e. The molecule has 0 bridgehead atoms. The Morgan fingerprint density at radius 1 is 1.20 bits per heavy atom. The zero-order chi connectivity index (χ0) is 14.8. The molecule has 1 aromatic carbocycles. The second kappa shape index (κ2) is 9.79. The summed E-state index contributed by atoms with van der Waals surface area (Å²) in [5.41, 5.74) is 1.32. The van der Waals surface area contributed by atoms with Crippen LogP contribution < -0.4 is 5.09 Å². The minimum atomic E-state index is -1.47. The van der Waals surface area contributed by atoms with E-state index in [4.69, 9.17) is 0 Å². The molecule has 0 aliphatic heterocycles. The van der Waals surface area contributed by atoms with E-state index in [2.05, 4.69) is 31.1 Å². The van der Waals surface area contributed by atoms with Crippen molar-refractivity contribution >= 4 is 14.2 Å². The summed E-state index contributed by atoms with van der Waals surface area (Å²) in [6.45, 7) is 4.12. The van der Waals surface area contributed by atoms with Crippen LogP contribution >= 0.6 is 7.95 Å². The van der Waals surface area contributed by atoms with Gasteiger partial charge in [0.25, 0.3) is 0 Å². The van der Waals surface area contributed by atoms with Gasteiger partial charge in [0, 0.05) is 0 Å². The molecule has 1 N–H and O–H groups in total. The van der Waals surface area contributed by atoms with Crippen molar-refractivity contribution in [2.75, 3.05) is 6.16 Å². The third kappa shape index (κ3) is 7.52. The van der Waals surface area contributed by atoms with Gasteiger partial charge in [0.1, 0.15) is 12.3 Å². The van der Waals surface area contributed by atoms with Gasteiger partial charge in [-0.05, 0) is 37.2 Å². The summed E-state index contributed by atoms with van der Waals surface area (Å²) in [5, 5.41) is 2.94. The number of aldehydes is 1. The van der Waals surface area contributed by atoms with E-state index in [1.54, 1.807) is 0 Å². The monoisotopic (exact) mass is 294 g/mol. The minimum absolute atomic E-state index is 0.271. The van der Waals surface area contributed by atoms with Crippen molar-refractivity contribution in [3.63, 3.8) is 0 Å². The molecule has 0 aromatic heterocycles. The summed E-state index contributed by atoms with van der Waals surface area (Å²) in [7, 11) is -1.47. The Morgan fingerprint density at radius 3 is 2.50 bits per heavy atom. The first kappa shape index (κ1) is 17.0. The van der Waals surface area contributed by atoms with Crippen molar-refractivity contribution in [1.82, 2.24) is 5.09 Å². The van der Waals surface area contributed by atoms with Gasteiger partial charge in [-0.3, -0.25) is 0 Å². The molecule has 1 unspecified atom stereocenters. The zero-order valence-corrected chi connectivity index (χ0v) is 13.3. The van der Waals surface area contributed by atoms with Crippen molar-refractivity contribution in [2.24, 2.45) is 5.92 Å². The summed E-state index contributed by atoms with van der Waals surface area (Å²) in [4.78, 5) is 10.9. The van der Waals surface area contributed by atoms with Crippen molar-refractivity contribution in [2.45, 2.75) is 45.6 Å². The number of benzene rings is 1. The Labute approximate surface area is 123 Å². The Morgan fingerprint density at radius 2 is 1.90 bits per heavy atom. The lowest BCUT2D eigenvalue weighted by Gasteiger charge is -2.08. The molecular weight excluding hydrogens is 269 g/mol. The maximum atomic E-state index is 11.9. The van der Waals surface area contributed by atoms with E-state index in [-0.39, 0.29) is 6.04 Å². The van der Waals surface area contributed by atoms with Crippen LogP contribution in [-0.4, -0.2) is 18.5 Å². The van der Waals surface area contributed by atoms with Gasteiger partial charge in [0.05, 0.1) is 0 Å². The van der Waals surface area contributed by atoms with Crippen LogP contribution in [0.25, 0.3) is 0 Å². The van der Waals surface area contributed by atoms with Crippen LogP contribution in [0.5, 0.6) is 0 Å². The molecule has 1 aromatic rings. The van der Waals surface area contributed by atoms with Gasteiger partial charge in [-0.15, -0.1) is 0 Å². The van der Waals surface area contributed by atoms with E-state index in [0.29, 0.717) is 12.1 Å². The molecule has 0 heterocycles. The Hall–Kier alpha value is -1.05. The molecule has 110 valence electrons. The SMILES string of the molecule is CC(C)C[C@@H](C=O)N[P+](=O)CCCCc1ccccc1. The molecule has 0 fully saturated rings. The maximum Gasteiger partial charge on any atom is 0.432 e. The molecule has 0 spiro atoms. The number of carbonyl (C=O) groups excluding carboxylic acids is 1. The standard InChI is InChI=1S/C16H25NO2P/c1-14(2)12-16(13-18)17-20(19)11-7-6-10-15-8-4-3-5-9-15/h3-5,8-9,13-14,16H,6-7,10-12H2,1-2H3,(H,17,19)/q+1/t16-/m0/s1. The summed E-state index contributed by atoms with van der Waals surface area (Å²) in [5.74, 6) is 0.430. The van der Waals surface area contributed by atoms with Crippen molar-refractivity contribution in [3.05, 3.63) is 35.9 Å². The largest absolute Gasteiger partial charge is 0.432 e. The second-order valence-electron chi connectivity index (χ2n) is 5.55. The topological polar surface area (TPSA) is 46.2 Å². The molecule has 2 atom stereocenters. The van der Waals surface area contributed by atoms with Crippen molar-refractivity contribution < 1.29 is 9.36 Å². The van der Waals surface area contributed by atoms with Crippen LogP contribution in [0.2, 0.25) is 0 Å². The highest BCUT2D eigenvalue weighted by Gasteiger charge is 2.21. The molecule has 0 amide bonds. The molecule has 0 radical (unpaired) electrons. The first-order chi connectivity index (χ1) is 9.61. The average molecular weight is 294 g/mol. The van der Waals surface area contributed by atoms with Crippen molar-refractivity contribution in [3.8, 4) is 0 Å². The molecular formula is C16H25NO2P+. The fraction of sp³-hybridized carbons (Fsp3) is 0.562. The molecule has 0 aliphatic rings. The Balaban J connectivity index is 2.18. The van der Waals surface area contributed by atoms with Gasteiger partial charge >= 0.3 is 7.95 Å². The summed E-state index contributed by atoms with van der Waals surface area (Å²) < 4.78 is 11.9. The number of unbranched alkanes of at least 4 members (excludes halogenated alkanes) is 1. The highest BCUT2D eigenvalue weighted by Crippen LogP contribution is 2.20. The summed E-state index contributed by atoms with van der Waals surface area (Å²) in [6.07, 6.45) is 5.23.